The van der Waals surface area contributed by atoms with Crippen molar-refractivity contribution >= 4 is 5.91 Å². The Bertz CT molecular complexity index is 249. The van der Waals surface area contributed by atoms with Gasteiger partial charge in [-0.25, -0.2) is 0 Å². The summed E-state index contributed by atoms with van der Waals surface area (Å²) >= 11 is 0. The molecule has 1 fully saturated rings. The normalized spacial score (nSPS) is 17.2. The van der Waals surface area contributed by atoms with E-state index in [1.54, 1.807) is 0 Å². The zero-order valence-electron chi connectivity index (χ0n) is 12.3. The Morgan fingerprint density at radius 2 is 1.94 bits per heavy atom. The first-order valence-electron chi connectivity index (χ1n) is 7.32. The summed E-state index contributed by atoms with van der Waals surface area (Å²) in [6.45, 7) is 8.06. The van der Waals surface area contributed by atoms with E-state index in [2.05, 4.69) is 36.4 Å². The maximum Gasteiger partial charge on any atom is 0.237 e. The molecule has 0 aliphatic heterocycles. The summed E-state index contributed by atoms with van der Waals surface area (Å²) in [4.78, 5) is 14.3. The number of rotatable bonds is 9. The van der Waals surface area contributed by atoms with Crippen molar-refractivity contribution in [3.8, 4) is 0 Å². The molecule has 1 saturated carbocycles. The Labute approximate surface area is 111 Å². The molecule has 1 atom stereocenters. The molecule has 0 bridgehead atoms. The summed E-state index contributed by atoms with van der Waals surface area (Å²) in [6.07, 6.45) is 4.67. The molecule has 0 aromatic rings. The van der Waals surface area contributed by atoms with E-state index in [0.29, 0.717) is 6.04 Å². The van der Waals surface area contributed by atoms with E-state index in [1.807, 2.05) is 6.92 Å². The molecule has 0 heterocycles. The number of hydrogen-bond donors (Lipinski definition) is 2. The highest BCUT2D eigenvalue weighted by molar-refractivity contribution is 5.81. The van der Waals surface area contributed by atoms with Crippen LogP contribution in [-0.4, -0.2) is 49.1 Å². The second-order valence-corrected chi connectivity index (χ2v) is 5.41. The fourth-order valence-electron chi connectivity index (χ4n) is 2.07. The molecule has 0 radical (unpaired) electrons. The first kappa shape index (κ1) is 15.4. The minimum absolute atomic E-state index is 0.0989. The molecule has 1 amide bonds. The fraction of sp³-hybridized carbons (Fsp3) is 0.929. The Morgan fingerprint density at radius 1 is 1.33 bits per heavy atom. The van der Waals surface area contributed by atoms with Crippen LogP contribution >= 0.6 is 0 Å². The zero-order chi connectivity index (χ0) is 13.5. The van der Waals surface area contributed by atoms with Crippen LogP contribution in [0.25, 0.3) is 0 Å². The number of carbonyl (C=O) groups is 1. The van der Waals surface area contributed by atoms with Crippen molar-refractivity contribution in [3.05, 3.63) is 0 Å². The molecule has 106 valence electrons. The predicted octanol–water partition coefficient (Wildman–Crippen LogP) is 1.36. The highest BCUT2D eigenvalue weighted by atomic mass is 16.2. The van der Waals surface area contributed by atoms with Gasteiger partial charge in [-0.15, -0.1) is 0 Å². The van der Waals surface area contributed by atoms with Crippen molar-refractivity contribution in [2.24, 2.45) is 0 Å². The molecule has 0 saturated heterocycles. The minimum Gasteiger partial charge on any atom is -0.352 e. The van der Waals surface area contributed by atoms with E-state index in [0.717, 1.165) is 32.0 Å². The van der Waals surface area contributed by atoms with Gasteiger partial charge in [-0.3, -0.25) is 4.79 Å². The maximum absolute atomic E-state index is 11.9. The van der Waals surface area contributed by atoms with Crippen LogP contribution in [0.4, 0.5) is 0 Å². The summed E-state index contributed by atoms with van der Waals surface area (Å²) in [5, 5.41) is 6.37. The van der Waals surface area contributed by atoms with Crippen LogP contribution < -0.4 is 10.6 Å². The molecule has 4 nitrogen and oxygen atoms in total. The Balaban J connectivity index is 2.14. The van der Waals surface area contributed by atoms with Crippen LogP contribution in [0.3, 0.4) is 0 Å². The first-order chi connectivity index (χ1) is 8.58. The maximum atomic E-state index is 11.9. The van der Waals surface area contributed by atoms with Crippen molar-refractivity contribution in [2.75, 3.05) is 20.1 Å². The standard InChI is InChI=1S/C14H29N3O/c1-5-12(6-2)16-14(18)11(3)15-9-10-17(4)13-7-8-13/h11-13,15H,5-10H2,1-4H3,(H,16,18). The van der Waals surface area contributed by atoms with E-state index in [4.69, 9.17) is 0 Å². The highest BCUT2D eigenvalue weighted by Gasteiger charge is 2.25. The Hall–Kier alpha value is -0.610. The summed E-state index contributed by atoms with van der Waals surface area (Å²) in [5.74, 6) is 0.123. The van der Waals surface area contributed by atoms with Crippen LogP contribution in [0, 0.1) is 0 Å². The van der Waals surface area contributed by atoms with Crippen LogP contribution in [0.15, 0.2) is 0 Å². The average Bonchev–Trinajstić information content (AvgIpc) is 3.19. The molecular formula is C14H29N3O. The largest absolute Gasteiger partial charge is 0.352 e. The Kier molecular flexibility index (Phi) is 6.65. The van der Waals surface area contributed by atoms with Crippen LogP contribution in [0.5, 0.6) is 0 Å². The molecule has 1 aliphatic rings. The Morgan fingerprint density at radius 3 is 2.44 bits per heavy atom. The van der Waals surface area contributed by atoms with E-state index in [-0.39, 0.29) is 11.9 Å². The number of hydrogen-bond acceptors (Lipinski definition) is 3. The molecule has 18 heavy (non-hydrogen) atoms. The number of nitrogens with one attached hydrogen (secondary N) is 2. The fourth-order valence-corrected chi connectivity index (χ4v) is 2.07. The summed E-state index contributed by atoms with van der Waals surface area (Å²) in [7, 11) is 2.16. The third kappa shape index (κ3) is 5.36. The van der Waals surface area contributed by atoms with E-state index < -0.39 is 0 Å². The summed E-state index contributed by atoms with van der Waals surface area (Å²) in [6, 6.07) is 1.01. The van der Waals surface area contributed by atoms with Gasteiger partial charge in [0.2, 0.25) is 5.91 Å². The molecule has 0 aromatic heterocycles. The molecule has 0 aromatic carbocycles. The molecule has 2 N–H and O–H groups in total. The minimum atomic E-state index is -0.0989. The summed E-state index contributed by atoms with van der Waals surface area (Å²) < 4.78 is 0. The molecule has 0 spiro atoms. The molecular weight excluding hydrogens is 226 g/mol. The van der Waals surface area contributed by atoms with Crippen LogP contribution in [0.2, 0.25) is 0 Å². The average molecular weight is 255 g/mol. The van der Waals surface area contributed by atoms with Gasteiger partial charge in [-0.1, -0.05) is 13.8 Å². The van der Waals surface area contributed by atoms with Gasteiger partial charge < -0.3 is 15.5 Å². The van der Waals surface area contributed by atoms with Crippen molar-refractivity contribution in [3.63, 3.8) is 0 Å². The molecule has 1 unspecified atom stereocenters. The second-order valence-electron chi connectivity index (χ2n) is 5.41. The number of nitrogens with zero attached hydrogens (tertiary/aromatic N) is 1. The van der Waals surface area contributed by atoms with Gasteiger partial charge in [0.1, 0.15) is 0 Å². The molecule has 1 rings (SSSR count). The SMILES string of the molecule is CCC(CC)NC(=O)C(C)NCCN(C)C1CC1. The highest BCUT2D eigenvalue weighted by Crippen LogP contribution is 2.24. The smallest absolute Gasteiger partial charge is 0.237 e. The van der Waals surface area contributed by atoms with Crippen molar-refractivity contribution in [1.82, 2.24) is 15.5 Å². The predicted molar refractivity (Wildman–Crippen MR) is 75.6 cm³/mol. The van der Waals surface area contributed by atoms with Gasteiger partial charge in [0.25, 0.3) is 0 Å². The van der Waals surface area contributed by atoms with Gasteiger partial charge in [-0.2, -0.15) is 0 Å². The zero-order valence-corrected chi connectivity index (χ0v) is 12.3. The number of likely N-dealkylation sites (N-methyl/N-ethyl adjacent to an activating group) is 1. The topological polar surface area (TPSA) is 44.4 Å². The van der Waals surface area contributed by atoms with Gasteiger partial charge in [-0.05, 0) is 39.7 Å². The molecule has 1 aliphatic carbocycles. The van der Waals surface area contributed by atoms with Gasteiger partial charge >= 0.3 is 0 Å². The lowest BCUT2D eigenvalue weighted by atomic mass is 10.1. The lowest BCUT2D eigenvalue weighted by molar-refractivity contribution is -0.123. The van der Waals surface area contributed by atoms with Gasteiger partial charge in [0, 0.05) is 25.2 Å². The summed E-state index contributed by atoms with van der Waals surface area (Å²) in [5.41, 5.74) is 0. The first-order valence-corrected chi connectivity index (χ1v) is 7.32. The number of carbonyl (C=O) groups excluding carboxylic acids is 1. The van der Waals surface area contributed by atoms with E-state index in [1.165, 1.54) is 12.8 Å². The van der Waals surface area contributed by atoms with E-state index in [9.17, 15) is 4.79 Å². The second kappa shape index (κ2) is 7.74. The van der Waals surface area contributed by atoms with Crippen molar-refractivity contribution in [1.29, 1.82) is 0 Å². The third-order valence-electron chi connectivity index (χ3n) is 3.81. The van der Waals surface area contributed by atoms with E-state index >= 15 is 0 Å². The van der Waals surface area contributed by atoms with Crippen molar-refractivity contribution in [2.45, 2.75) is 64.6 Å². The lowest BCUT2D eigenvalue weighted by Crippen LogP contribution is -2.47. The van der Waals surface area contributed by atoms with Gasteiger partial charge in [0.05, 0.1) is 6.04 Å². The lowest BCUT2D eigenvalue weighted by Gasteiger charge is -2.21. The quantitative estimate of drug-likeness (QED) is 0.654. The van der Waals surface area contributed by atoms with Crippen LogP contribution in [0.1, 0.15) is 46.5 Å². The number of amides is 1. The van der Waals surface area contributed by atoms with Gasteiger partial charge in [0.15, 0.2) is 0 Å². The monoisotopic (exact) mass is 255 g/mol. The third-order valence-corrected chi connectivity index (χ3v) is 3.81. The van der Waals surface area contributed by atoms with Crippen LogP contribution in [-0.2, 0) is 4.79 Å². The molecule has 4 heteroatoms. The van der Waals surface area contributed by atoms with Crippen molar-refractivity contribution < 1.29 is 4.79 Å².